The van der Waals surface area contributed by atoms with Crippen molar-refractivity contribution in [3.8, 4) is 0 Å². The predicted molar refractivity (Wildman–Crippen MR) is 97.1 cm³/mol. The summed E-state index contributed by atoms with van der Waals surface area (Å²) in [7, 11) is 0. The molecule has 132 valence electrons. The Labute approximate surface area is 153 Å². The number of ether oxygens (including phenoxy) is 1. The number of carbonyl (C=O) groups is 1. The summed E-state index contributed by atoms with van der Waals surface area (Å²) in [5, 5.41) is 1.07. The molecule has 0 saturated carbocycles. The second-order valence-corrected chi connectivity index (χ2v) is 7.48. The fraction of sp³-hybridized carbons (Fsp3) is 0.611. The molecule has 0 aliphatic carbocycles. The van der Waals surface area contributed by atoms with Crippen molar-refractivity contribution in [2.24, 2.45) is 0 Å². The van der Waals surface area contributed by atoms with Gasteiger partial charge < -0.3 is 14.5 Å². The maximum Gasteiger partial charge on any atom is 0.254 e. The van der Waals surface area contributed by atoms with Crippen LogP contribution < -0.4 is 0 Å². The minimum atomic E-state index is -0.0179. The van der Waals surface area contributed by atoms with Crippen molar-refractivity contribution in [1.29, 1.82) is 0 Å². The first-order valence-corrected chi connectivity index (χ1v) is 9.39. The van der Waals surface area contributed by atoms with E-state index in [1.54, 1.807) is 12.1 Å². The van der Waals surface area contributed by atoms with E-state index in [1.807, 2.05) is 11.8 Å². The van der Waals surface area contributed by atoms with E-state index >= 15 is 0 Å². The second-order valence-electron chi connectivity index (χ2n) is 6.67. The number of carbonyl (C=O) groups excluding carboxylic acids is 1. The van der Waals surface area contributed by atoms with E-state index in [9.17, 15) is 4.79 Å². The van der Waals surface area contributed by atoms with Crippen LogP contribution in [0.15, 0.2) is 12.1 Å². The van der Waals surface area contributed by atoms with E-state index in [1.165, 1.54) is 12.8 Å². The number of hydrogen-bond acceptors (Lipinski definition) is 3. The molecule has 0 unspecified atom stereocenters. The Bertz CT molecular complexity index is 580. The molecule has 2 saturated heterocycles. The summed E-state index contributed by atoms with van der Waals surface area (Å²) in [6, 6.07) is 3.43. The van der Waals surface area contributed by atoms with Gasteiger partial charge in [-0.1, -0.05) is 23.2 Å². The lowest BCUT2D eigenvalue weighted by Gasteiger charge is -2.27. The third kappa shape index (κ3) is 4.23. The number of amides is 1. The first-order valence-electron chi connectivity index (χ1n) is 8.63. The van der Waals surface area contributed by atoms with Crippen LogP contribution >= 0.6 is 23.2 Å². The molecular formula is C18H24Cl2N2O2. The van der Waals surface area contributed by atoms with Crippen molar-refractivity contribution in [3.63, 3.8) is 0 Å². The summed E-state index contributed by atoms with van der Waals surface area (Å²) < 4.78 is 5.96. The predicted octanol–water partition coefficient (Wildman–Crippen LogP) is 3.63. The van der Waals surface area contributed by atoms with Crippen LogP contribution in [0, 0.1) is 6.92 Å². The van der Waals surface area contributed by atoms with Crippen LogP contribution in [0.25, 0.3) is 0 Å². The Morgan fingerprint density at radius 2 is 1.83 bits per heavy atom. The van der Waals surface area contributed by atoms with Crippen LogP contribution in [0.2, 0.25) is 10.0 Å². The van der Waals surface area contributed by atoms with Crippen molar-refractivity contribution < 1.29 is 9.53 Å². The number of likely N-dealkylation sites (tertiary alicyclic amines) is 1. The summed E-state index contributed by atoms with van der Waals surface area (Å²) in [5.41, 5.74) is 1.36. The lowest BCUT2D eigenvalue weighted by Crippen LogP contribution is -2.41. The van der Waals surface area contributed by atoms with Crippen LogP contribution in [0.4, 0.5) is 0 Å². The van der Waals surface area contributed by atoms with Crippen molar-refractivity contribution >= 4 is 29.1 Å². The third-order valence-electron chi connectivity index (χ3n) is 4.83. The number of rotatable bonds is 3. The van der Waals surface area contributed by atoms with Gasteiger partial charge in [0, 0.05) is 41.8 Å². The van der Waals surface area contributed by atoms with E-state index < -0.39 is 0 Å². The SMILES string of the molecule is Cc1c(Cl)cc(C(=O)N2CCCO[C@H](CN3CCCC3)C2)cc1Cl. The van der Waals surface area contributed by atoms with Crippen molar-refractivity contribution in [3.05, 3.63) is 33.3 Å². The molecule has 1 aromatic rings. The van der Waals surface area contributed by atoms with E-state index in [2.05, 4.69) is 4.90 Å². The first kappa shape index (κ1) is 18.0. The number of halogens is 2. The van der Waals surface area contributed by atoms with Gasteiger partial charge in [0.15, 0.2) is 0 Å². The molecule has 1 amide bonds. The van der Waals surface area contributed by atoms with Gasteiger partial charge in [0.25, 0.3) is 5.91 Å². The lowest BCUT2D eigenvalue weighted by molar-refractivity contribution is 0.0297. The van der Waals surface area contributed by atoms with E-state index in [0.717, 1.165) is 31.6 Å². The Hall–Kier alpha value is -0.810. The number of nitrogens with zero attached hydrogens (tertiary/aromatic N) is 2. The molecule has 2 aliphatic heterocycles. The molecule has 0 aromatic heterocycles. The fourth-order valence-electron chi connectivity index (χ4n) is 3.39. The quantitative estimate of drug-likeness (QED) is 0.814. The van der Waals surface area contributed by atoms with Gasteiger partial charge in [0.1, 0.15) is 0 Å². The van der Waals surface area contributed by atoms with Crippen LogP contribution in [-0.2, 0) is 4.74 Å². The normalized spacial score (nSPS) is 22.6. The molecular weight excluding hydrogens is 347 g/mol. The molecule has 4 nitrogen and oxygen atoms in total. The van der Waals surface area contributed by atoms with E-state index in [-0.39, 0.29) is 12.0 Å². The second kappa shape index (κ2) is 8.05. The standard InChI is InChI=1S/C18H24Cl2N2O2/c1-13-16(19)9-14(10-17(13)20)18(23)22-7-4-8-24-15(12-22)11-21-5-2-3-6-21/h9-10,15H,2-8,11-12H2,1H3/t15-/m1/s1. The van der Waals surface area contributed by atoms with Crippen LogP contribution in [0.5, 0.6) is 0 Å². The van der Waals surface area contributed by atoms with Crippen molar-refractivity contribution in [1.82, 2.24) is 9.80 Å². The Morgan fingerprint density at radius 1 is 1.17 bits per heavy atom. The summed E-state index contributed by atoms with van der Waals surface area (Å²) in [6.45, 7) is 7.06. The van der Waals surface area contributed by atoms with Crippen LogP contribution in [-0.4, -0.2) is 61.1 Å². The van der Waals surface area contributed by atoms with Gasteiger partial charge >= 0.3 is 0 Å². The third-order valence-corrected chi connectivity index (χ3v) is 5.61. The zero-order valence-corrected chi connectivity index (χ0v) is 15.6. The highest BCUT2D eigenvalue weighted by Crippen LogP contribution is 2.26. The molecule has 2 aliphatic rings. The van der Waals surface area contributed by atoms with Gasteiger partial charge in [-0.2, -0.15) is 0 Å². The Kier molecular flexibility index (Phi) is 6.03. The van der Waals surface area contributed by atoms with Gasteiger partial charge in [0.05, 0.1) is 6.10 Å². The van der Waals surface area contributed by atoms with E-state index in [0.29, 0.717) is 35.3 Å². The van der Waals surface area contributed by atoms with Gasteiger partial charge in [0.2, 0.25) is 0 Å². The largest absolute Gasteiger partial charge is 0.375 e. The summed E-state index contributed by atoms with van der Waals surface area (Å²) >= 11 is 12.4. The van der Waals surface area contributed by atoms with Crippen LogP contribution in [0.1, 0.15) is 35.2 Å². The average molecular weight is 371 g/mol. The maximum absolute atomic E-state index is 12.9. The molecule has 24 heavy (non-hydrogen) atoms. The minimum absolute atomic E-state index is 0.0179. The zero-order chi connectivity index (χ0) is 17.1. The molecule has 0 bridgehead atoms. The summed E-state index contributed by atoms with van der Waals surface area (Å²) in [4.78, 5) is 17.2. The average Bonchev–Trinajstić information content (AvgIpc) is 2.95. The molecule has 6 heteroatoms. The van der Waals surface area contributed by atoms with E-state index in [4.69, 9.17) is 27.9 Å². The molecule has 0 radical (unpaired) electrons. The molecule has 0 N–H and O–H groups in total. The van der Waals surface area contributed by atoms with Gasteiger partial charge in [-0.25, -0.2) is 0 Å². The van der Waals surface area contributed by atoms with Gasteiger partial charge in [-0.15, -0.1) is 0 Å². The first-order chi connectivity index (χ1) is 11.5. The topological polar surface area (TPSA) is 32.8 Å². The van der Waals surface area contributed by atoms with Gasteiger partial charge in [-0.3, -0.25) is 4.79 Å². The summed E-state index contributed by atoms with van der Waals surface area (Å²) in [5.74, 6) is -0.0179. The lowest BCUT2D eigenvalue weighted by atomic mass is 10.1. The van der Waals surface area contributed by atoms with Crippen LogP contribution in [0.3, 0.4) is 0 Å². The maximum atomic E-state index is 12.9. The molecule has 2 heterocycles. The molecule has 0 spiro atoms. The monoisotopic (exact) mass is 370 g/mol. The zero-order valence-electron chi connectivity index (χ0n) is 14.1. The molecule has 3 rings (SSSR count). The van der Waals surface area contributed by atoms with Crippen molar-refractivity contribution in [2.75, 3.05) is 39.3 Å². The smallest absolute Gasteiger partial charge is 0.254 e. The fourth-order valence-corrected chi connectivity index (χ4v) is 3.88. The molecule has 1 aromatic carbocycles. The van der Waals surface area contributed by atoms with Gasteiger partial charge in [-0.05, 0) is 57.0 Å². The molecule has 1 atom stereocenters. The highest BCUT2D eigenvalue weighted by atomic mass is 35.5. The number of hydrogen-bond donors (Lipinski definition) is 0. The number of benzene rings is 1. The Balaban J connectivity index is 1.70. The van der Waals surface area contributed by atoms with Crippen molar-refractivity contribution in [2.45, 2.75) is 32.3 Å². The summed E-state index contributed by atoms with van der Waals surface area (Å²) in [6.07, 6.45) is 3.45. The Morgan fingerprint density at radius 3 is 2.50 bits per heavy atom. The highest BCUT2D eigenvalue weighted by molar-refractivity contribution is 6.36. The highest BCUT2D eigenvalue weighted by Gasteiger charge is 2.26. The minimum Gasteiger partial charge on any atom is -0.375 e. The molecule has 2 fully saturated rings.